The van der Waals surface area contributed by atoms with Crippen molar-refractivity contribution in [1.29, 1.82) is 0 Å². The average molecular weight is 248 g/mol. The van der Waals surface area contributed by atoms with Crippen LogP contribution in [0.25, 0.3) is 0 Å². The van der Waals surface area contributed by atoms with Crippen LogP contribution in [0.5, 0.6) is 0 Å². The van der Waals surface area contributed by atoms with Gasteiger partial charge in [-0.2, -0.15) is 0 Å². The topological polar surface area (TPSA) is 71.1 Å². The zero-order valence-corrected chi connectivity index (χ0v) is 8.97. The van der Waals surface area contributed by atoms with Gasteiger partial charge in [-0.1, -0.05) is 17.7 Å². The van der Waals surface area contributed by atoms with Gasteiger partial charge in [-0.25, -0.2) is 9.78 Å². The van der Waals surface area contributed by atoms with Crippen LogP contribution in [-0.2, 0) is 4.79 Å². The van der Waals surface area contributed by atoms with Gasteiger partial charge in [-0.15, -0.1) is 11.6 Å². The molecular formula is C8H7Cl2N3O2. The molecule has 0 atom stereocenters. The Morgan fingerprint density at radius 3 is 2.73 bits per heavy atom. The number of hydrogen-bond donors (Lipinski definition) is 2. The number of nitrogens with zero attached hydrogens (tertiary/aromatic N) is 1. The molecule has 0 radical (unpaired) electrons. The molecule has 0 bridgehead atoms. The maximum Gasteiger partial charge on any atom is 0.327 e. The van der Waals surface area contributed by atoms with Gasteiger partial charge in [0.25, 0.3) is 0 Å². The molecule has 0 aliphatic rings. The Bertz CT molecular complexity index is 384. The number of imide groups is 1. The van der Waals surface area contributed by atoms with Gasteiger partial charge in [-0.05, 0) is 12.1 Å². The van der Waals surface area contributed by atoms with Crippen molar-refractivity contribution in [2.75, 3.05) is 11.2 Å². The summed E-state index contributed by atoms with van der Waals surface area (Å²) in [6, 6.07) is 4.02. The molecule has 5 nitrogen and oxygen atoms in total. The average Bonchev–Trinajstić information content (AvgIpc) is 2.17. The highest BCUT2D eigenvalue weighted by atomic mass is 35.5. The number of amides is 3. The predicted molar refractivity (Wildman–Crippen MR) is 57.1 cm³/mol. The van der Waals surface area contributed by atoms with E-state index in [0.29, 0.717) is 0 Å². The molecule has 2 N–H and O–H groups in total. The number of pyridine rings is 1. The SMILES string of the molecule is O=C(CCl)NC(=O)Nc1cccc(Cl)n1. The van der Waals surface area contributed by atoms with E-state index >= 15 is 0 Å². The van der Waals surface area contributed by atoms with Gasteiger partial charge in [0.2, 0.25) is 5.91 Å². The zero-order chi connectivity index (χ0) is 11.3. The van der Waals surface area contributed by atoms with E-state index in [9.17, 15) is 9.59 Å². The number of anilines is 1. The lowest BCUT2D eigenvalue weighted by Gasteiger charge is -2.04. The minimum absolute atomic E-state index is 0.247. The molecule has 1 rings (SSSR count). The van der Waals surface area contributed by atoms with E-state index in [0.717, 1.165) is 0 Å². The summed E-state index contributed by atoms with van der Waals surface area (Å²) in [6.45, 7) is 0. The summed E-state index contributed by atoms with van der Waals surface area (Å²) in [4.78, 5) is 25.6. The smallest absolute Gasteiger partial charge is 0.292 e. The summed E-state index contributed by atoms with van der Waals surface area (Å²) < 4.78 is 0. The first-order valence-corrected chi connectivity index (χ1v) is 4.82. The van der Waals surface area contributed by atoms with Crippen LogP contribution in [0.1, 0.15) is 0 Å². The van der Waals surface area contributed by atoms with Crippen LogP contribution in [0.4, 0.5) is 10.6 Å². The third-order valence-corrected chi connectivity index (χ3v) is 1.78. The third kappa shape index (κ3) is 4.14. The summed E-state index contributed by atoms with van der Waals surface area (Å²) in [7, 11) is 0. The summed E-state index contributed by atoms with van der Waals surface area (Å²) >= 11 is 10.8. The minimum Gasteiger partial charge on any atom is -0.292 e. The largest absolute Gasteiger partial charge is 0.327 e. The van der Waals surface area contributed by atoms with Crippen molar-refractivity contribution in [3.05, 3.63) is 23.4 Å². The normalized spacial score (nSPS) is 9.47. The Kier molecular flexibility index (Phi) is 4.33. The number of carbonyl (C=O) groups is 2. The Morgan fingerprint density at radius 1 is 1.40 bits per heavy atom. The highest BCUT2D eigenvalue weighted by molar-refractivity contribution is 6.29. The third-order valence-electron chi connectivity index (χ3n) is 1.33. The lowest BCUT2D eigenvalue weighted by atomic mass is 10.5. The molecule has 1 aromatic rings. The number of carbonyl (C=O) groups excluding carboxylic acids is 2. The van der Waals surface area contributed by atoms with Gasteiger partial charge in [0.1, 0.15) is 16.9 Å². The van der Waals surface area contributed by atoms with Crippen LogP contribution < -0.4 is 10.6 Å². The van der Waals surface area contributed by atoms with Crippen LogP contribution in [0.15, 0.2) is 18.2 Å². The molecular weight excluding hydrogens is 241 g/mol. The molecule has 0 saturated carbocycles. The molecule has 15 heavy (non-hydrogen) atoms. The Balaban J connectivity index is 2.55. The Labute approximate surface area is 95.8 Å². The lowest BCUT2D eigenvalue weighted by molar-refractivity contribution is -0.117. The van der Waals surface area contributed by atoms with Gasteiger partial charge < -0.3 is 0 Å². The molecule has 80 valence electrons. The highest BCUT2D eigenvalue weighted by Crippen LogP contribution is 2.08. The summed E-state index contributed by atoms with van der Waals surface area (Å²) in [5.41, 5.74) is 0. The molecule has 0 aliphatic heterocycles. The first kappa shape index (κ1) is 11.7. The minimum atomic E-state index is -0.699. The number of nitrogens with one attached hydrogen (secondary N) is 2. The van der Waals surface area contributed by atoms with E-state index in [2.05, 4.69) is 10.3 Å². The molecule has 1 heterocycles. The zero-order valence-electron chi connectivity index (χ0n) is 7.46. The van der Waals surface area contributed by atoms with Gasteiger partial charge in [-0.3, -0.25) is 15.4 Å². The molecule has 0 unspecified atom stereocenters. The van der Waals surface area contributed by atoms with Gasteiger partial charge in [0.05, 0.1) is 0 Å². The number of aromatic nitrogens is 1. The van der Waals surface area contributed by atoms with Crippen LogP contribution in [0, 0.1) is 0 Å². The molecule has 3 amide bonds. The van der Waals surface area contributed by atoms with Crippen molar-refractivity contribution in [3.8, 4) is 0 Å². The maximum atomic E-state index is 11.1. The second-order valence-electron chi connectivity index (χ2n) is 2.48. The van der Waals surface area contributed by atoms with Crippen molar-refractivity contribution >= 4 is 41.0 Å². The molecule has 0 aliphatic carbocycles. The summed E-state index contributed by atoms with van der Waals surface area (Å²) in [5.74, 6) is -0.616. The summed E-state index contributed by atoms with van der Waals surface area (Å²) in [6.07, 6.45) is 0. The first-order chi connectivity index (χ1) is 7.11. The molecule has 1 aromatic heterocycles. The fourth-order valence-electron chi connectivity index (χ4n) is 0.785. The number of hydrogen-bond acceptors (Lipinski definition) is 3. The number of halogens is 2. The van der Waals surface area contributed by atoms with Crippen molar-refractivity contribution in [2.45, 2.75) is 0 Å². The molecule has 0 spiro atoms. The quantitative estimate of drug-likeness (QED) is 0.617. The Morgan fingerprint density at radius 2 is 2.13 bits per heavy atom. The van der Waals surface area contributed by atoms with Crippen LogP contribution in [0.3, 0.4) is 0 Å². The van der Waals surface area contributed by atoms with Crippen LogP contribution in [0.2, 0.25) is 5.15 Å². The second-order valence-corrected chi connectivity index (χ2v) is 3.14. The van der Waals surface area contributed by atoms with Gasteiger partial charge >= 0.3 is 6.03 Å². The fourth-order valence-corrected chi connectivity index (χ4v) is 1.02. The van der Waals surface area contributed by atoms with Crippen molar-refractivity contribution in [1.82, 2.24) is 10.3 Å². The lowest BCUT2D eigenvalue weighted by Crippen LogP contribution is -2.35. The standard InChI is InChI=1S/C8H7Cl2N3O2/c9-4-7(14)13-8(15)12-6-3-1-2-5(10)11-6/h1-3H,4H2,(H2,11,12,13,14,15). The highest BCUT2D eigenvalue weighted by Gasteiger charge is 2.06. The molecule has 0 fully saturated rings. The van der Waals surface area contributed by atoms with E-state index < -0.39 is 11.9 Å². The van der Waals surface area contributed by atoms with Crippen LogP contribution in [-0.4, -0.2) is 22.8 Å². The van der Waals surface area contributed by atoms with E-state index in [4.69, 9.17) is 23.2 Å². The van der Waals surface area contributed by atoms with E-state index in [-0.39, 0.29) is 16.9 Å². The van der Waals surface area contributed by atoms with E-state index in [1.807, 2.05) is 5.32 Å². The van der Waals surface area contributed by atoms with Crippen molar-refractivity contribution in [2.24, 2.45) is 0 Å². The van der Waals surface area contributed by atoms with Gasteiger partial charge in [0.15, 0.2) is 0 Å². The second kappa shape index (κ2) is 5.53. The fraction of sp³-hybridized carbons (Fsp3) is 0.125. The number of alkyl halides is 1. The molecule has 0 saturated heterocycles. The molecule has 0 aromatic carbocycles. The predicted octanol–water partition coefficient (Wildman–Crippen LogP) is 1.62. The molecule has 7 heteroatoms. The number of urea groups is 1. The van der Waals surface area contributed by atoms with Crippen molar-refractivity contribution in [3.63, 3.8) is 0 Å². The Hall–Kier alpha value is -1.33. The maximum absolute atomic E-state index is 11.1. The van der Waals surface area contributed by atoms with E-state index in [1.165, 1.54) is 6.07 Å². The first-order valence-electron chi connectivity index (χ1n) is 3.91. The number of rotatable bonds is 2. The van der Waals surface area contributed by atoms with E-state index in [1.54, 1.807) is 12.1 Å². The van der Waals surface area contributed by atoms with Crippen LogP contribution >= 0.6 is 23.2 Å². The summed E-state index contributed by atoms with van der Waals surface area (Å²) in [5, 5.41) is 4.56. The monoisotopic (exact) mass is 247 g/mol. The van der Waals surface area contributed by atoms with Crippen molar-refractivity contribution < 1.29 is 9.59 Å². The van der Waals surface area contributed by atoms with Gasteiger partial charge in [0, 0.05) is 0 Å².